The highest BCUT2D eigenvalue weighted by atomic mass is 19.4. The minimum absolute atomic E-state index is 0.214. The molecule has 0 fully saturated rings. The van der Waals surface area contributed by atoms with Gasteiger partial charge >= 0.3 is 6.18 Å². The summed E-state index contributed by atoms with van der Waals surface area (Å²) in [5, 5.41) is 9.40. The Morgan fingerprint density at radius 1 is 1.52 bits per heavy atom. The maximum atomic E-state index is 12.1. The second-order valence-electron chi connectivity index (χ2n) is 4.71. The first-order chi connectivity index (χ1) is 9.73. The largest absolute Gasteiger partial charge is 0.411 e. The third-order valence-corrected chi connectivity index (χ3v) is 2.63. The van der Waals surface area contributed by atoms with Crippen molar-refractivity contribution < 1.29 is 22.7 Å². The highest BCUT2D eigenvalue weighted by Gasteiger charge is 2.28. The molecule has 0 saturated carbocycles. The van der Waals surface area contributed by atoms with Gasteiger partial charge in [-0.25, -0.2) is 0 Å². The molecular weight excluding hydrogens is 289 g/mol. The number of nitrogens with one attached hydrogen (secondary N) is 2. The Balaban J connectivity index is 2.47. The summed E-state index contributed by atoms with van der Waals surface area (Å²) >= 11 is 0. The van der Waals surface area contributed by atoms with Gasteiger partial charge in [-0.1, -0.05) is 0 Å². The Morgan fingerprint density at radius 3 is 2.67 bits per heavy atom. The number of hydrogen-bond donors (Lipinski definition) is 2. The van der Waals surface area contributed by atoms with Crippen LogP contribution < -0.4 is 10.6 Å². The average Bonchev–Trinajstić information content (AvgIpc) is 2.74. The minimum Gasteiger partial charge on any atom is -0.370 e. The van der Waals surface area contributed by atoms with Gasteiger partial charge in [-0.3, -0.25) is 9.48 Å². The van der Waals surface area contributed by atoms with E-state index < -0.39 is 24.9 Å². The fourth-order valence-corrected chi connectivity index (χ4v) is 1.76. The number of rotatable bonds is 7. The number of aryl methyl sites for hydroxylation is 1. The smallest absolute Gasteiger partial charge is 0.370 e. The van der Waals surface area contributed by atoms with Gasteiger partial charge in [0.25, 0.3) is 0 Å². The molecule has 9 heteroatoms. The summed E-state index contributed by atoms with van der Waals surface area (Å²) in [6.45, 7) is 0.0320. The summed E-state index contributed by atoms with van der Waals surface area (Å²) in [6, 6.07) is -1.16. The Kier molecular flexibility index (Phi) is 6.16. The Hall–Kier alpha value is -1.61. The highest BCUT2D eigenvalue weighted by Crippen LogP contribution is 2.15. The van der Waals surface area contributed by atoms with Crippen molar-refractivity contribution in [2.24, 2.45) is 7.05 Å². The number of amides is 1. The molecule has 1 heterocycles. The second-order valence-corrected chi connectivity index (χ2v) is 4.71. The topological polar surface area (TPSA) is 68.2 Å². The van der Waals surface area contributed by atoms with E-state index in [0.29, 0.717) is 5.56 Å². The van der Waals surface area contributed by atoms with E-state index in [4.69, 9.17) is 0 Å². The van der Waals surface area contributed by atoms with E-state index in [0.717, 1.165) is 0 Å². The molecule has 1 aromatic rings. The van der Waals surface area contributed by atoms with Crippen LogP contribution in [0.25, 0.3) is 0 Å². The van der Waals surface area contributed by atoms with Crippen LogP contribution in [-0.2, 0) is 16.6 Å². The van der Waals surface area contributed by atoms with E-state index in [1.807, 2.05) is 0 Å². The van der Waals surface area contributed by atoms with Gasteiger partial charge in [0.05, 0.1) is 12.8 Å². The first-order valence-electron chi connectivity index (χ1n) is 6.33. The molecule has 6 nitrogen and oxygen atoms in total. The summed E-state index contributed by atoms with van der Waals surface area (Å²) in [6.07, 6.45) is -1.13. The van der Waals surface area contributed by atoms with E-state index in [1.165, 1.54) is 0 Å². The van der Waals surface area contributed by atoms with Gasteiger partial charge in [0.2, 0.25) is 5.91 Å². The van der Waals surface area contributed by atoms with Crippen LogP contribution in [0.1, 0.15) is 18.5 Å². The second kappa shape index (κ2) is 7.41. The molecule has 2 N–H and O–H groups in total. The molecule has 0 saturated heterocycles. The molecule has 1 rings (SSSR count). The van der Waals surface area contributed by atoms with Crippen LogP contribution in [0.2, 0.25) is 0 Å². The number of carbonyl (C=O) groups excluding carboxylic acids is 1. The number of aromatic nitrogens is 2. The van der Waals surface area contributed by atoms with Crippen LogP contribution >= 0.6 is 0 Å². The molecule has 0 bridgehead atoms. The third-order valence-electron chi connectivity index (χ3n) is 2.63. The van der Waals surface area contributed by atoms with Gasteiger partial charge in [0, 0.05) is 24.8 Å². The van der Waals surface area contributed by atoms with Crippen molar-refractivity contribution in [3.05, 3.63) is 18.0 Å². The number of alkyl halides is 3. The predicted molar refractivity (Wildman–Crippen MR) is 69.5 cm³/mol. The molecule has 1 aromatic heterocycles. The van der Waals surface area contributed by atoms with Crippen LogP contribution in [0.15, 0.2) is 12.4 Å². The number of ether oxygens (including phenoxy) is 1. The van der Waals surface area contributed by atoms with Crippen LogP contribution in [0.3, 0.4) is 0 Å². The SMILES string of the molecule is CNC(C(=O)NC(C)COCC(F)(F)F)c1cnn(C)c1. The molecule has 2 unspecified atom stereocenters. The Bertz CT molecular complexity index is 462. The lowest BCUT2D eigenvalue weighted by atomic mass is 10.1. The summed E-state index contributed by atoms with van der Waals surface area (Å²) in [7, 11) is 3.34. The van der Waals surface area contributed by atoms with Crippen LogP contribution in [-0.4, -0.2) is 48.2 Å². The molecule has 2 atom stereocenters. The molecule has 0 aromatic carbocycles. The van der Waals surface area contributed by atoms with E-state index in [2.05, 4.69) is 20.5 Å². The van der Waals surface area contributed by atoms with E-state index >= 15 is 0 Å². The maximum absolute atomic E-state index is 12.1. The van der Waals surface area contributed by atoms with Gasteiger partial charge < -0.3 is 15.4 Å². The molecule has 120 valence electrons. The third kappa shape index (κ3) is 6.13. The van der Waals surface area contributed by atoms with E-state index in [1.54, 1.807) is 38.1 Å². The van der Waals surface area contributed by atoms with Crippen molar-refractivity contribution in [2.75, 3.05) is 20.3 Å². The summed E-state index contributed by atoms with van der Waals surface area (Å²) in [4.78, 5) is 12.1. The van der Waals surface area contributed by atoms with Gasteiger partial charge in [-0.2, -0.15) is 18.3 Å². The van der Waals surface area contributed by atoms with E-state index in [-0.39, 0.29) is 12.5 Å². The molecule has 0 spiro atoms. The zero-order chi connectivity index (χ0) is 16.0. The monoisotopic (exact) mass is 308 g/mol. The zero-order valence-electron chi connectivity index (χ0n) is 12.1. The van der Waals surface area contributed by atoms with Crippen LogP contribution in [0, 0.1) is 0 Å². The first-order valence-corrected chi connectivity index (χ1v) is 6.33. The fraction of sp³-hybridized carbons (Fsp3) is 0.667. The van der Waals surface area contributed by atoms with Gasteiger partial charge in [-0.15, -0.1) is 0 Å². The Labute approximate surface area is 120 Å². The van der Waals surface area contributed by atoms with E-state index in [9.17, 15) is 18.0 Å². The van der Waals surface area contributed by atoms with Crippen molar-refractivity contribution in [1.29, 1.82) is 0 Å². The highest BCUT2D eigenvalue weighted by molar-refractivity contribution is 5.83. The minimum atomic E-state index is -4.37. The molecule has 0 radical (unpaired) electrons. The molecule has 0 aliphatic carbocycles. The Morgan fingerprint density at radius 2 is 2.19 bits per heavy atom. The molecule has 1 amide bonds. The van der Waals surface area contributed by atoms with Crippen LogP contribution in [0.5, 0.6) is 0 Å². The zero-order valence-corrected chi connectivity index (χ0v) is 12.1. The first kappa shape index (κ1) is 17.4. The average molecular weight is 308 g/mol. The summed E-state index contributed by atoms with van der Waals surface area (Å²) in [5.74, 6) is -0.353. The summed E-state index contributed by atoms with van der Waals surface area (Å²) in [5.41, 5.74) is 0.668. The normalized spacial score (nSPS) is 14.8. The number of halogens is 3. The van der Waals surface area contributed by atoms with Crippen molar-refractivity contribution in [3.63, 3.8) is 0 Å². The van der Waals surface area contributed by atoms with Crippen LogP contribution in [0.4, 0.5) is 13.2 Å². The number of hydrogen-bond acceptors (Lipinski definition) is 4. The fourth-order valence-electron chi connectivity index (χ4n) is 1.76. The predicted octanol–water partition coefficient (Wildman–Crippen LogP) is 0.764. The molecular formula is C12H19F3N4O2. The standard InChI is InChI=1S/C12H19F3N4O2/c1-8(6-21-7-12(13,14)15)18-11(20)10(16-2)9-4-17-19(3)5-9/h4-5,8,10,16H,6-7H2,1-3H3,(H,18,20). The van der Waals surface area contributed by atoms with Gasteiger partial charge in [-0.05, 0) is 14.0 Å². The number of nitrogens with zero attached hydrogens (tertiary/aromatic N) is 2. The molecule has 0 aliphatic rings. The molecule has 0 aliphatic heterocycles. The molecule has 21 heavy (non-hydrogen) atoms. The number of carbonyl (C=O) groups is 1. The summed E-state index contributed by atoms with van der Waals surface area (Å²) < 4.78 is 41.9. The van der Waals surface area contributed by atoms with Crippen molar-refractivity contribution in [2.45, 2.75) is 25.2 Å². The van der Waals surface area contributed by atoms with Gasteiger partial charge in [0.15, 0.2) is 0 Å². The lowest BCUT2D eigenvalue weighted by Gasteiger charge is -2.19. The lowest BCUT2D eigenvalue weighted by molar-refractivity contribution is -0.175. The quantitative estimate of drug-likeness (QED) is 0.780. The number of likely N-dealkylation sites (N-methyl/N-ethyl adjacent to an activating group) is 1. The van der Waals surface area contributed by atoms with Crippen molar-refractivity contribution >= 4 is 5.91 Å². The lowest BCUT2D eigenvalue weighted by Crippen LogP contribution is -2.42. The van der Waals surface area contributed by atoms with Gasteiger partial charge in [0.1, 0.15) is 12.6 Å². The maximum Gasteiger partial charge on any atom is 0.411 e. The van der Waals surface area contributed by atoms with Crippen molar-refractivity contribution in [3.8, 4) is 0 Å². The van der Waals surface area contributed by atoms with Crippen molar-refractivity contribution in [1.82, 2.24) is 20.4 Å².